The normalized spacial score (nSPS) is 12.5. The van der Waals surface area contributed by atoms with Gasteiger partial charge in [-0.3, -0.25) is 9.78 Å². The molecule has 0 saturated carbocycles. The third kappa shape index (κ3) is 3.62. The standard InChI is InChI=1S/C12H18N2O2/c1-14(2)11(7-8-12(15)16-3)10-6-4-5-9-13-10/h4-6,9,11H,7-8H2,1-3H3. The molecule has 88 valence electrons. The Kier molecular flexibility index (Phi) is 4.92. The van der Waals surface area contributed by atoms with Crippen molar-refractivity contribution in [2.75, 3.05) is 21.2 Å². The first-order valence-corrected chi connectivity index (χ1v) is 5.29. The molecule has 1 rings (SSSR count). The lowest BCUT2D eigenvalue weighted by Gasteiger charge is -2.23. The predicted molar refractivity (Wildman–Crippen MR) is 61.9 cm³/mol. The van der Waals surface area contributed by atoms with Gasteiger partial charge in [0.05, 0.1) is 18.8 Å². The van der Waals surface area contributed by atoms with E-state index in [4.69, 9.17) is 0 Å². The highest BCUT2D eigenvalue weighted by Crippen LogP contribution is 2.21. The maximum atomic E-state index is 11.1. The van der Waals surface area contributed by atoms with Crippen molar-refractivity contribution in [3.8, 4) is 0 Å². The van der Waals surface area contributed by atoms with Gasteiger partial charge in [-0.05, 0) is 32.6 Å². The van der Waals surface area contributed by atoms with Crippen LogP contribution in [0.5, 0.6) is 0 Å². The fourth-order valence-electron chi connectivity index (χ4n) is 1.60. The molecular formula is C12H18N2O2. The third-order valence-corrected chi connectivity index (χ3v) is 2.50. The first-order valence-electron chi connectivity index (χ1n) is 5.29. The van der Waals surface area contributed by atoms with Gasteiger partial charge in [-0.2, -0.15) is 0 Å². The van der Waals surface area contributed by atoms with Crippen molar-refractivity contribution >= 4 is 5.97 Å². The second-order valence-electron chi connectivity index (χ2n) is 3.85. The number of nitrogens with zero attached hydrogens (tertiary/aromatic N) is 2. The SMILES string of the molecule is COC(=O)CCC(c1ccccn1)N(C)C. The lowest BCUT2D eigenvalue weighted by molar-refractivity contribution is -0.141. The fraction of sp³-hybridized carbons (Fsp3) is 0.500. The van der Waals surface area contributed by atoms with E-state index in [0.717, 1.165) is 12.1 Å². The molecule has 1 unspecified atom stereocenters. The van der Waals surface area contributed by atoms with Crippen molar-refractivity contribution in [3.05, 3.63) is 30.1 Å². The molecule has 0 radical (unpaired) electrons. The summed E-state index contributed by atoms with van der Waals surface area (Å²) >= 11 is 0. The van der Waals surface area contributed by atoms with E-state index in [1.807, 2.05) is 32.3 Å². The fourth-order valence-corrected chi connectivity index (χ4v) is 1.60. The van der Waals surface area contributed by atoms with Gasteiger partial charge in [0.25, 0.3) is 0 Å². The van der Waals surface area contributed by atoms with Crippen LogP contribution in [0.4, 0.5) is 0 Å². The molecule has 1 heterocycles. The zero-order valence-corrected chi connectivity index (χ0v) is 10.0. The summed E-state index contributed by atoms with van der Waals surface area (Å²) in [6, 6.07) is 5.97. The maximum Gasteiger partial charge on any atom is 0.305 e. The number of esters is 1. The minimum atomic E-state index is -0.178. The van der Waals surface area contributed by atoms with Crippen LogP contribution in [0.15, 0.2) is 24.4 Å². The molecule has 0 saturated heterocycles. The summed E-state index contributed by atoms with van der Waals surface area (Å²) in [7, 11) is 5.38. The van der Waals surface area contributed by atoms with E-state index < -0.39 is 0 Å². The first kappa shape index (κ1) is 12.6. The molecular weight excluding hydrogens is 204 g/mol. The van der Waals surface area contributed by atoms with Gasteiger partial charge in [-0.25, -0.2) is 0 Å². The number of carbonyl (C=O) groups is 1. The monoisotopic (exact) mass is 222 g/mol. The highest BCUT2D eigenvalue weighted by atomic mass is 16.5. The van der Waals surface area contributed by atoms with E-state index in [2.05, 4.69) is 14.6 Å². The van der Waals surface area contributed by atoms with Gasteiger partial charge >= 0.3 is 5.97 Å². The molecule has 4 nitrogen and oxygen atoms in total. The van der Waals surface area contributed by atoms with Gasteiger partial charge in [0.15, 0.2) is 0 Å². The van der Waals surface area contributed by atoms with Crippen molar-refractivity contribution in [3.63, 3.8) is 0 Å². The zero-order chi connectivity index (χ0) is 12.0. The number of methoxy groups -OCH3 is 1. The maximum absolute atomic E-state index is 11.1. The first-order chi connectivity index (χ1) is 7.65. The topological polar surface area (TPSA) is 42.4 Å². The third-order valence-electron chi connectivity index (χ3n) is 2.50. The minimum absolute atomic E-state index is 0.153. The second kappa shape index (κ2) is 6.23. The molecule has 1 aromatic heterocycles. The van der Waals surface area contributed by atoms with E-state index in [-0.39, 0.29) is 12.0 Å². The molecule has 0 N–H and O–H groups in total. The zero-order valence-electron chi connectivity index (χ0n) is 10.0. The van der Waals surface area contributed by atoms with Gasteiger partial charge in [0, 0.05) is 12.6 Å². The lowest BCUT2D eigenvalue weighted by Crippen LogP contribution is -2.22. The summed E-state index contributed by atoms with van der Waals surface area (Å²) in [5, 5.41) is 0. The molecule has 0 spiro atoms. The number of pyridine rings is 1. The number of hydrogen-bond donors (Lipinski definition) is 0. The van der Waals surface area contributed by atoms with Crippen LogP contribution in [0.3, 0.4) is 0 Å². The van der Waals surface area contributed by atoms with Crippen LogP contribution < -0.4 is 0 Å². The number of hydrogen-bond acceptors (Lipinski definition) is 4. The molecule has 16 heavy (non-hydrogen) atoms. The second-order valence-corrected chi connectivity index (χ2v) is 3.85. The van der Waals surface area contributed by atoms with E-state index in [1.165, 1.54) is 7.11 Å². The van der Waals surface area contributed by atoms with E-state index in [1.54, 1.807) is 6.20 Å². The molecule has 0 aromatic carbocycles. The van der Waals surface area contributed by atoms with Crippen LogP contribution in [-0.2, 0) is 9.53 Å². The molecule has 4 heteroatoms. The summed E-state index contributed by atoms with van der Waals surface area (Å²) in [6.45, 7) is 0. The minimum Gasteiger partial charge on any atom is -0.469 e. The molecule has 0 aliphatic carbocycles. The van der Waals surface area contributed by atoms with Crippen molar-refractivity contribution in [1.82, 2.24) is 9.88 Å². The summed E-state index contributed by atoms with van der Waals surface area (Å²) in [4.78, 5) is 17.5. The Morgan fingerprint density at radius 3 is 2.75 bits per heavy atom. The van der Waals surface area contributed by atoms with Crippen LogP contribution in [0.2, 0.25) is 0 Å². The van der Waals surface area contributed by atoms with Crippen LogP contribution in [0.1, 0.15) is 24.6 Å². The number of ether oxygens (including phenoxy) is 1. The number of carbonyl (C=O) groups excluding carboxylic acids is 1. The van der Waals surface area contributed by atoms with Crippen LogP contribution in [0, 0.1) is 0 Å². The number of aromatic nitrogens is 1. The Morgan fingerprint density at radius 2 is 2.25 bits per heavy atom. The smallest absolute Gasteiger partial charge is 0.305 e. The van der Waals surface area contributed by atoms with E-state index in [9.17, 15) is 4.79 Å². The molecule has 0 aliphatic heterocycles. The lowest BCUT2D eigenvalue weighted by atomic mass is 10.1. The van der Waals surface area contributed by atoms with Crippen molar-refractivity contribution in [1.29, 1.82) is 0 Å². The highest BCUT2D eigenvalue weighted by molar-refractivity contribution is 5.69. The summed E-state index contributed by atoms with van der Waals surface area (Å²) in [5.74, 6) is -0.178. The Labute approximate surface area is 96.2 Å². The van der Waals surface area contributed by atoms with Gasteiger partial charge in [-0.1, -0.05) is 6.07 Å². The quantitative estimate of drug-likeness (QED) is 0.710. The van der Waals surface area contributed by atoms with Gasteiger partial charge in [0.2, 0.25) is 0 Å². The highest BCUT2D eigenvalue weighted by Gasteiger charge is 2.16. The molecule has 1 aromatic rings. The summed E-state index contributed by atoms with van der Waals surface area (Å²) < 4.78 is 4.64. The largest absolute Gasteiger partial charge is 0.469 e. The van der Waals surface area contributed by atoms with E-state index >= 15 is 0 Å². The van der Waals surface area contributed by atoms with Gasteiger partial charge in [0.1, 0.15) is 0 Å². The Hall–Kier alpha value is -1.42. The van der Waals surface area contributed by atoms with Crippen LogP contribution in [-0.4, -0.2) is 37.1 Å². The molecule has 1 atom stereocenters. The Balaban J connectivity index is 2.66. The van der Waals surface area contributed by atoms with Crippen LogP contribution >= 0.6 is 0 Å². The van der Waals surface area contributed by atoms with Crippen molar-refractivity contribution in [2.45, 2.75) is 18.9 Å². The van der Waals surface area contributed by atoms with Gasteiger partial charge < -0.3 is 9.64 Å². The molecule has 0 aliphatic rings. The predicted octanol–water partition coefficient (Wildman–Crippen LogP) is 1.64. The average Bonchev–Trinajstić information content (AvgIpc) is 2.30. The molecule has 0 amide bonds. The van der Waals surface area contributed by atoms with E-state index in [0.29, 0.717) is 6.42 Å². The molecule has 0 fully saturated rings. The molecule has 0 bridgehead atoms. The van der Waals surface area contributed by atoms with Crippen molar-refractivity contribution < 1.29 is 9.53 Å². The average molecular weight is 222 g/mol. The van der Waals surface area contributed by atoms with Crippen LogP contribution in [0.25, 0.3) is 0 Å². The summed E-state index contributed by atoms with van der Waals surface area (Å²) in [6.07, 6.45) is 2.90. The Morgan fingerprint density at radius 1 is 1.50 bits per heavy atom. The summed E-state index contributed by atoms with van der Waals surface area (Å²) in [5.41, 5.74) is 0.983. The Bertz CT molecular complexity index is 325. The van der Waals surface area contributed by atoms with Gasteiger partial charge in [-0.15, -0.1) is 0 Å². The van der Waals surface area contributed by atoms with Crippen molar-refractivity contribution in [2.24, 2.45) is 0 Å². The number of rotatable bonds is 5.